The number of nitrogens with one attached hydrogen (secondary N) is 1. The molecule has 0 amide bonds. The molecule has 0 atom stereocenters. The molecule has 102 valence electrons. The molecule has 7 heteroatoms. The predicted octanol–water partition coefficient (Wildman–Crippen LogP) is 3.88. The topological polar surface area (TPSA) is 24.9 Å². The molecule has 0 saturated carbocycles. The number of fused-ring (bicyclic) bond motifs is 1. The molecular formula is C12H9F5N2. The van der Waals surface area contributed by atoms with Crippen LogP contribution in [-0.4, -0.2) is 12.0 Å². The van der Waals surface area contributed by atoms with E-state index < -0.39 is 29.0 Å². The maximum atomic E-state index is 13.6. The lowest BCUT2D eigenvalue weighted by Gasteiger charge is -2.16. The third kappa shape index (κ3) is 2.09. The largest absolute Gasteiger partial charge is 0.433 e. The number of hydrogen-bond donors (Lipinski definition) is 1. The predicted molar refractivity (Wildman–Crippen MR) is 60.9 cm³/mol. The minimum Gasteiger partial charge on any atom is -0.387 e. The van der Waals surface area contributed by atoms with E-state index in [0.29, 0.717) is 0 Å². The van der Waals surface area contributed by atoms with Crippen LogP contribution in [0.4, 0.5) is 27.6 Å². The summed E-state index contributed by atoms with van der Waals surface area (Å²) in [7, 11) is 1.41. The second-order valence-electron chi connectivity index (χ2n) is 3.97. The van der Waals surface area contributed by atoms with E-state index in [2.05, 4.69) is 10.3 Å². The lowest BCUT2D eigenvalue weighted by Crippen LogP contribution is -2.13. The Bertz CT molecular complexity index is 649. The molecule has 0 aliphatic rings. The van der Waals surface area contributed by atoms with Crippen molar-refractivity contribution in [1.82, 2.24) is 4.98 Å². The van der Waals surface area contributed by atoms with Gasteiger partial charge in [-0.1, -0.05) is 0 Å². The fourth-order valence-electron chi connectivity index (χ4n) is 1.97. The van der Waals surface area contributed by atoms with Crippen LogP contribution in [0.1, 0.15) is 11.3 Å². The molecule has 0 aliphatic heterocycles. The summed E-state index contributed by atoms with van der Waals surface area (Å²) < 4.78 is 65.1. The highest BCUT2D eigenvalue weighted by atomic mass is 19.4. The third-order valence-corrected chi connectivity index (χ3v) is 2.81. The number of rotatable bonds is 1. The quantitative estimate of drug-likeness (QED) is 0.799. The van der Waals surface area contributed by atoms with E-state index in [1.807, 2.05) is 0 Å². The van der Waals surface area contributed by atoms with Gasteiger partial charge >= 0.3 is 6.18 Å². The summed E-state index contributed by atoms with van der Waals surface area (Å²) in [5.74, 6) is -2.63. The monoisotopic (exact) mass is 276 g/mol. The molecule has 0 radical (unpaired) electrons. The van der Waals surface area contributed by atoms with Crippen molar-refractivity contribution in [3.8, 4) is 0 Å². The van der Waals surface area contributed by atoms with Crippen LogP contribution >= 0.6 is 0 Å². The van der Waals surface area contributed by atoms with E-state index in [-0.39, 0.29) is 16.6 Å². The average molecular weight is 276 g/mol. The molecule has 0 bridgehead atoms. The maximum Gasteiger partial charge on any atom is 0.433 e. The summed E-state index contributed by atoms with van der Waals surface area (Å²) in [5.41, 5.74) is -1.94. The van der Waals surface area contributed by atoms with Gasteiger partial charge in [0.2, 0.25) is 0 Å². The van der Waals surface area contributed by atoms with Crippen molar-refractivity contribution < 1.29 is 22.0 Å². The van der Waals surface area contributed by atoms with Gasteiger partial charge in [0.05, 0.1) is 0 Å². The van der Waals surface area contributed by atoms with Crippen LogP contribution in [0.25, 0.3) is 10.9 Å². The number of nitrogens with zero attached hydrogens (tertiary/aromatic N) is 1. The van der Waals surface area contributed by atoms with Crippen LogP contribution in [0, 0.1) is 18.6 Å². The molecule has 0 aliphatic carbocycles. The average Bonchev–Trinajstić information content (AvgIpc) is 2.32. The van der Waals surface area contributed by atoms with E-state index in [4.69, 9.17) is 0 Å². The van der Waals surface area contributed by atoms with Crippen LogP contribution in [0.3, 0.4) is 0 Å². The van der Waals surface area contributed by atoms with E-state index in [1.165, 1.54) is 20.0 Å². The summed E-state index contributed by atoms with van der Waals surface area (Å²) in [5, 5.41) is 2.67. The normalized spacial score (nSPS) is 11.9. The highest BCUT2D eigenvalue weighted by Crippen LogP contribution is 2.37. The molecule has 2 aromatic rings. The Kier molecular flexibility index (Phi) is 3.07. The first kappa shape index (κ1) is 13.5. The molecule has 2 nitrogen and oxygen atoms in total. The minimum atomic E-state index is -4.73. The molecular weight excluding hydrogens is 267 g/mol. The second-order valence-corrected chi connectivity index (χ2v) is 3.97. The van der Waals surface area contributed by atoms with Gasteiger partial charge < -0.3 is 5.32 Å². The van der Waals surface area contributed by atoms with Crippen molar-refractivity contribution in [3.63, 3.8) is 0 Å². The van der Waals surface area contributed by atoms with E-state index >= 15 is 0 Å². The number of halogens is 5. The van der Waals surface area contributed by atoms with Crippen LogP contribution in [0.5, 0.6) is 0 Å². The molecule has 2 rings (SSSR count). The van der Waals surface area contributed by atoms with E-state index in [0.717, 1.165) is 6.07 Å². The Morgan fingerprint density at radius 3 is 2.32 bits per heavy atom. The van der Waals surface area contributed by atoms with Gasteiger partial charge in [0, 0.05) is 23.7 Å². The van der Waals surface area contributed by atoms with Crippen LogP contribution < -0.4 is 5.32 Å². The number of benzene rings is 1. The summed E-state index contributed by atoms with van der Waals surface area (Å²) in [6, 6.07) is 2.05. The minimum absolute atomic E-state index is 0.0798. The molecule has 0 unspecified atom stereocenters. The van der Waals surface area contributed by atoms with Crippen LogP contribution in [0.15, 0.2) is 12.1 Å². The lowest BCUT2D eigenvalue weighted by molar-refractivity contribution is -0.141. The maximum absolute atomic E-state index is 13.6. The first-order valence-corrected chi connectivity index (χ1v) is 5.30. The van der Waals surface area contributed by atoms with Crippen molar-refractivity contribution in [2.24, 2.45) is 0 Å². The number of anilines is 1. The Balaban J connectivity index is 2.96. The van der Waals surface area contributed by atoms with Crippen LogP contribution in [0.2, 0.25) is 0 Å². The Morgan fingerprint density at radius 1 is 1.16 bits per heavy atom. The zero-order valence-electron chi connectivity index (χ0n) is 9.99. The smallest absolute Gasteiger partial charge is 0.387 e. The molecule has 1 N–H and O–H groups in total. The highest BCUT2D eigenvalue weighted by molar-refractivity contribution is 5.93. The van der Waals surface area contributed by atoms with Gasteiger partial charge in [-0.05, 0) is 19.1 Å². The summed E-state index contributed by atoms with van der Waals surface area (Å²) in [4.78, 5) is 3.24. The van der Waals surface area contributed by atoms with Crippen molar-refractivity contribution in [1.29, 1.82) is 0 Å². The van der Waals surface area contributed by atoms with Crippen molar-refractivity contribution in [3.05, 3.63) is 35.0 Å². The van der Waals surface area contributed by atoms with Gasteiger partial charge in [-0.15, -0.1) is 0 Å². The van der Waals surface area contributed by atoms with Gasteiger partial charge in [0.15, 0.2) is 11.6 Å². The van der Waals surface area contributed by atoms with Gasteiger partial charge in [-0.2, -0.15) is 13.2 Å². The molecule has 1 heterocycles. The van der Waals surface area contributed by atoms with Gasteiger partial charge in [0.1, 0.15) is 11.2 Å². The Labute approximate surface area is 105 Å². The Morgan fingerprint density at radius 2 is 1.79 bits per heavy atom. The second kappa shape index (κ2) is 4.32. The fraction of sp³-hybridized carbons (Fsp3) is 0.250. The Hall–Kier alpha value is -1.92. The van der Waals surface area contributed by atoms with Crippen molar-refractivity contribution in [2.45, 2.75) is 13.1 Å². The number of aromatic nitrogens is 1. The molecule has 1 aromatic heterocycles. The molecule has 19 heavy (non-hydrogen) atoms. The lowest BCUT2D eigenvalue weighted by atomic mass is 10.1. The SMILES string of the molecule is CNc1c(C)c(C(F)(F)F)nc2c(F)c(F)ccc12. The van der Waals surface area contributed by atoms with Gasteiger partial charge in [-0.25, -0.2) is 13.8 Å². The number of hydrogen-bond acceptors (Lipinski definition) is 2. The van der Waals surface area contributed by atoms with E-state index in [9.17, 15) is 22.0 Å². The molecule has 1 aromatic carbocycles. The van der Waals surface area contributed by atoms with Gasteiger partial charge in [0.25, 0.3) is 0 Å². The summed E-state index contributed by atoms with van der Waals surface area (Å²) in [6.45, 7) is 1.22. The molecule has 0 spiro atoms. The standard InChI is InChI=1S/C12H9F5N2/c1-5-9(18-2)6-3-4-7(13)8(14)10(6)19-11(5)12(15,16)17/h3-4H,1-2H3,(H,18,19). The highest BCUT2D eigenvalue weighted by Gasteiger charge is 2.36. The summed E-state index contributed by atoms with van der Waals surface area (Å²) in [6.07, 6.45) is -4.73. The summed E-state index contributed by atoms with van der Waals surface area (Å²) >= 11 is 0. The zero-order valence-corrected chi connectivity index (χ0v) is 9.99. The third-order valence-electron chi connectivity index (χ3n) is 2.81. The molecule has 0 saturated heterocycles. The van der Waals surface area contributed by atoms with Crippen molar-refractivity contribution >= 4 is 16.6 Å². The van der Waals surface area contributed by atoms with E-state index in [1.54, 1.807) is 0 Å². The first-order valence-electron chi connectivity index (χ1n) is 5.30. The molecule has 0 fully saturated rings. The van der Waals surface area contributed by atoms with Gasteiger partial charge in [-0.3, -0.25) is 0 Å². The van der Waals surface area contributed by atoms with Crippen LogP contribution in [-0.2, 0) is 6.18 Å². The number of pyridine rings is 1. The fourth-order valence-corrected chi connectivity index (χ4v) is 1.97. The zero-order chi connectivity index (χ0) is 14.4. The van der Waals surface area contributed by atoms with Crippen molar-refractivity contribution in [2.75, 3.05) is 12.4 Å². The number of alkyl halides is 3. The first-order chi connectivity index (χ1) is 8.77.